The van der Waals surface area contributed by atoms with Crippen molar-refractivity contribution in [2.75, 3.05) is 42.7 Å². The second-order valence-electron chi connectivity index (χ2n) is 9.32. The van der Waals surface area contributed by atoms with E-state index in [1.165, 1.54) is 5.69 Å². The fraction of sp³-hybridized carbons (Fsp3) is 0.345. The number of cyclic esters (lactones) is 1. The first-order valence-corrected chi connectivity index (χ1v) is 11.9. The monoisotopic (exact) mass is 457 g/mol. The number of carbonyl (C=O) groups excluding carboxylic acids is 1. The van der Waals surface area contributed by atoms with Gasteiger partial charge in [0.15, 0.2) is 5.60 Å². The zero-order valence-corrected chi connectivity index (χ0v) is 21.3. The summed E-state index contributed by atoms with van der Waals surface area (Å²) in [6, 6.07) is 16.4. The van der Waals surface area contributed by atoms with Gasteiger partial charge >= 0.3 is 5.97 Å². The van der Waals surface area contributed by atoms with Crippen LogP contribution in [-0.4, -0.2) is 33.2 Å². The molecule has 5 nitrogen and oxygen atoms in total. The lowest BCUT2D eigenvalue weighted by molar-refractivity contribution is 0.0248. The van der Waals surface area contributed by atoms with Crippen LogP contribution in [0.5, 0.6) is 0 Å². The van der Waals surface area contributed by atoms with E-state index in [2.05, 4.69) is 56.9 Å². The van der Waals surface area contributed by atoms with E-state index in [0.29, 0.717) is 5.56 Å². The van der Waals surface area contributed by atoms with Gasteiger partial charge in [0.25, 0.3) is 0 Å². The summed E-state index contributed by atoms with van der Waals surface area (Å²) in [6.07, 6.45) is 0. The van der Waals surface area contributed by atoms with Crippen molar-refractivity contribution in [2.24, 2.45) is 0 Å². The third kappa shape index (κ3) is 3.51. The lowest BCUT2D eigenvalue weighted by Crippen LogP contribution is -2.32. The van der Waals surface area contributed by atoms with E-state index in [9.17, 15) is 4.79 Å². The summed E-state index contributed by atoms with van der Waals surface area (Å²) in [5, 5.41) is 0. The number of hydrogen-bond acceptors (Lipinski definition) is 5. The molecule has 0 bridgehead atoms. The average molecular weight is 458 g/mol. The van der Waals surface area contributed by atoms with E-state index in [0.717, 1.165) is 57.8 Å². The minimum absolute atomic E-state index is 0.306. The summed E-state index contributed by atoms with van der Waals surface area (Å²) in [6.45, 7) is 12.4. The van der Waals surface area contributed by atoms with Gasteiger partial charge in [-0.2, -0.15) is 0 Å². The SMILES string of the molecule is CCN(CC)c1ccc(C2(c3ccc(N)c(C)c3C)OC(=O)c3cc(N(C)C)ccc32)c(C)c1. The van der Waals surface area contributed by atoms with Crippen molar-refractivity contribution in [1.29, 1.82) is 0 Å². The van der Waals surface area contributed by atoms with Crippen LogP contribution in [-0.2, 0) is 10.3 Å². The maximum absolute atomic E-state index is 13.4. The average Bonchev–Trinajstić information content (AvgIpc) is 3.10. The Labute approximate surface area is 203 Å². The molecule has 1 unspecified atom stereocenters. The lowest BCUT2D eigenvalue weighted by atomic mass is 9.75. The van der Waals surface area contributed by atoms with Gasteiger partial charge in [0, 0.05) is 60.9 Å². The number of nitrogen functional groups attached to an aromatic ring is 1. The Balaban J connectivity index is 2.04. The van der Waals surface area contributed by atoms with E-state index >= 15 is 0 Å². The molecule has 0 aromatic heterocycles. The highest BCUT2D eigenvalue weighted by molar-refractivity contribution is 5.97. The van der Waals surface area contributed by atoms with Crippen molar-refractivity contribution < 1.29 is 9.53 Å². The second-order valence-corrected chi connectivity index (χ2v) is 9.32. The summed E-state index contributed by atoms with van der Waals surface area (Å²) in [5.74, 6) is -0.306. The molecule has 34 heavy (non-hydrogen) atoms. The molecule has 0 fully saturated rings. The van der Waals surface area contributed by atoms with Crippen LogP contribution in [0, 0.1) is 20.8 Å². The molecule has 0 spiro atoms. The van der Waals surface area contributed by atoms with Gasteiger partial charge in [-0.3, -0.25) is 0 Å². The molecule has 3 aromatic carbocycles. The van der Waals surface area contributed by atoms with Crippen molar-refractivity contribution in [3.05, 3.63) is 87.5 Å². The van der Waals surface area contributed by atoms with Crippen LogP contribution in [0.1, 0.15) is 57.6 Å². The highest BCUT2D eigenvalue weighted by atomic mass is 16.6. The van der Waals surface area contributed by atoms with Crippen LogP contribution in [0.3, 0.4) is 0 Å². The molecule has 2 N–H and O–H groups in total. The standard InChI is InChI=1S/C29H35N3O2/c1-8-32(9-2)22-11-12-24(18(3)16-22)29(25-14-15-27(30)20(5)19(25)4)26-13-10-21(31(6)7)17-23(26)28(33)34-29/h10-17H,8-9,30H2,1-7H3. The second kappa shape index (κ2) is 8.71. The minimum Gasteiger partial charge on any atom is -0.441 e. The number of esters is 1. The van der Waals surface area contributed by atoms with Crippen LogP contribution >= 0.6 is 0 Å². The first-order chi connectivity index (χ1) is 16.1. The molecular weight excluding hydrogens is 422 g/mol. The number of anilines is 3. The van der Waals surface area contributed by atoms with Crippen molar-refractivity contribution in [2.45, 2.75) is 40.2 Å². The van der Waals surface area contributed by atoms with Gasteiger partial charge in [-0.25, -0.2) is 4.79 Å². The number of carbonyl (C=O) groups is 1. The molecule has 178 valence electrons. The summed E-state index contributed by atoms with van der Waals surface area (Å²) in [7, 11) is 3.94. The van der Waals surface area contributed by atoms with Crippen LogP contribution in [0.2, 0.25) is 0 Å². The predicted octanol–water partition coefficient (Wildman–Crippen LogP) is 5.57. The number of aryl methyl sites for hydroxylation is 1. The van der Waals surface area contributed by atoms with E-state index in [-0.39, 0.29) is 5.97 Å². The number of benzene rings is 3. The number of fused-ring (bicyclic) bond motifs is 1. The molecule has 1 atom stereocenters. The summed E-state index contributed by atoms with van der Waals surface area (Å²) >= 11 is 0. The normalized spacial score (nSPS) is 16.9. The Bertz CT molecular complexity index is 1260. The molecule has 0 aliphatic carbocycles. The van der Waals surface area contributed by atoms with E-state index in [1.54, 1.807) is 0 Å². The fourth-order valence-electron chi connectivity index (χ4n) is 5.13. The third-order valence-corrected chi connectivity index (χ3v) is 7.29. The van der Waals surface area contributed by atoms with Gasteiger partial charge in [0.05, 0.1) is 5.56 Å². The zero-order chi connectivity index (χ0) is 24.8. The molecule has 1 aliphatic heterocycles. The van der Waals surface area contributed by atoms with E-state index in [1.807, 2.05) is 50.2 Å². The maximum Gasteiger partial charge on any atom is 0.340 e. The van der Waals surface area contributed by atoms with Gasteiger partial charge in [-0.15, -0.1) is 0 Å². The summed E-state index contributed by atoms with van der Waals surface area (Å²) < 4.78 is 6.42. The van der Waals surface area contributed by atoms with Gasteiger partial charge in [0.1, 0.15) is 0 Å². The highest BCUT2D eigenvalue weighted by Crippen LogP contribution is 2.50. The molecule has 0 radical (unpaired) electrons. The first kappa shape index (κ1) is 23.7. The summed E-state index contributed by atoms with van der Waals surface area (Å²) in [5.41, 5.74) is 14.6. The molecule has 1 heterocycles. The lowest BCUT2D eigenvalue weighted by Gasteiger charge is -2.34. The molecular formula is C29H35N3O2. The largest absolute Gasteiger partial charge is 0.441 e. The van der Waals surface area contributed by atoms with Gasteiger partial charge < -0.3 is 20.3 Å². The van der Waals surface area contributed by atoms with E-state index in [4.69, 9.17) is 10.5 Å². The van der Waals surface area contributed by atoms with Crippen LogP contribution in [0.4, 0.5) is 17.1 Å². The molecule has 0 saturated carbocycles. The number of nitrogens with two attached hydrogens (primary N) is 1. The number of rotatable bonds is 6. The van der Waals surface area contributed by atoms with Crippen LogP contribution in [0.15, 0.2) is 48.5 Å². The third-order valence-electron chi connectivity index (χ3n) is 7.29. The molecule has 0 amide bonds. The number of nitrogens with zero attached hydrogens (tertiary/aromatic N) is 2. The Hall–Kier alpha value is -3.47. The van der Waals surface area contributed by atoms with Gasteiger partial charge in [0.2, 0.25) is 0 Å². The fourth-order valence-corrected chi connectivity index (χ4v) is 5.13. The number of ether oxygens (including phenoxy) is 1. The van der Waals surface area contributed by atoms with Crippen molar-refractivity contribution in [1.82, 2.24) is 0 Å². The Morgan fingerprint density at radius 3 is 2.06 bits per heavy atom. The topological polar surface area (TPSA) is 58.8 Å². The maximum atomic E-state index is 13.4. The quantitative estimate of drug-likeness (QED) is 0.387. The minimum atomic E-state index is -1.04. The van der Waals surface area contributed by atoms with Crippen molar-refractivity contribution in [3.63, 3.8) is 0 Å². The first-order valence-electron chi connectivity index (χ1n) is 11.9. The Kier molecular flexibility index (Phi) is 6.07. The molecule has 1 aliphatic rings. The van der Waals surface area contributed by atoms with Crippen molar-refractivity contribution >= 4 is 23.0 Å². The number of hydrogen-bond donors (Lipinski definition) is 1. The molecule has 0 saturated heterocycles. The zero-order valence-electron chi connectivity index (χ0n) is 21.3. The van der Waals surface area contributed by atoms with Crippen LogP contribution in [0.25, 0.3) is 0 Å². The Morgan fingerprint density at radius 1 is 0.824 bits per heavy atom. The van der Waals surface area contributed by atoms with E-state index < -0.39 is 5.60 Å². The Morgan fingerprint density at radius 2 is 1.44 bits per heavy atom. The highest BCUT2D eigenvalue weighted by Gasteiger charge is 2.50. The molecule has 5 heteroatoms. The predicted molar refractivity (Wildman–Crippen MR) is 141 cm³/mol. The molecule has 3 aromatic rings. The van der Waals surface area contributed by atoms with Crippen LogP contribution < -0.4 is 15.5 Å². The molecule has 4 rings (SSSR count). The summed E-state index contributed by atoms with van der Waals surface area (Å²) in [4.78, 5) is 17.7. The smallest absolute Gasteiger partial charge is 0.340 e. The van der Waals surface area contributed by atoms with Gasteiger partial charge in [-0.1, -0.05) is 18.2 Å². The van der Waals surface area contributed by atoms with Crippen molar-refractivity contribution in [3.8, 4) is 0 Å². The van der Waals surface area contributed by atoms with Gasteiger partial charge in [-0.05, 0) is 81.6 Å².